The number of hydrogen-bond donors (Lipinski definition) is 1. The molecule has 0 atom stereocenters. The first kappa shape index (κ1) is 17.1. The fourth-order valence-electron chi connectivity index (χ4n) is 3.08. The molecule has 0 radical (unpaired) electrons. The van der Waals surface area contributed by atoms with Crippen LogP contribution in [0.5, 0.6) is 5.75 Å². The Morgan fingerprint density at radius 2 is 1.74 bits per heavy atom. The molecule has 0 bridgehead atoms. The number of methoxy groups -OCH3 is 1. The van der Waals surface area contributed by atoms with Crippen molar-refractivity contribution in [3.8, 4) is 17.2 Å². The number of benzene rings is 2. The minimum Gasteiger partial charge on any atom is -0.497 e. The number of anilines is 2. The highest BCUT2D eigenvalue weighted by Crippen LogP contribution is 2.23. The van der Waals surface area contributed by atoms with Crippen LogP contribution in [0, 0.1) is 0 Å². The molecular formula is C20H20N4O3. The van der Waals surface area contributed by atoms with Crippen molar-refractivity contribution >= 4 is 17.3 Å². The van der Waals surface area contributed by atoms with E-state index in [1.165, 1.54) is 18.5 Å². The molecule has 0 unspecified atom stereocenters. The lowest BCUT2D eigenvalue weighted by atomic mass is 10.2. The zero-order valence-electron chi connectivity index (χ0n) is 15.0. The van der Waals surface area contributed by atoms with Gasteiger partial charge in [0.05, 0.1) is 7.11 Å². The number of hydrogen-bond acceptors (Lipinski definition) is 6. The van der Waals surface area contributed by atoms with Crippen LogP contribution in [0.2, 0.25) is 0 Å². The van der Waals surface area contributed by atoms with Crippen molar-refractivity contribution in [2.75, 3.05) is 30.4 Å². The van der Waals surface area contributed by atoms with Gasteiger partial charge in [-0.3, -0.25) is 4.79 Å². The summed E-state index contributed by atoms with van der Waals surface area (Å²) in [6, 6.07) is 15.0. The topological polar surface area (TPSA) is 80.5 Å². The molecule has 2 aromatic carbocycles. The number of rotatable bonds is 5. The van der Waals surface area contributed by atoms with Crippen LogP contribution in [0.1, 0.15) is 23.5 Å². The lowest BCUT2D eigenvalue weighted by Gasteiger charge is -2.17. The van der Waals surface area contributed by atoms with Gasteiger partial charge in [0.1, 0.15) is 5.75 Å². The minimum atomic E-state index is -0.434. The smallest absolute Gasteiger partial charge is 0.313 e. The fourth-order valence-corrected chi connectivity index (χ4v) is 3.08. The van der Waals surface area contributed by atoms with Crippen LogP contribution in [0.4, 0.5) is 11.4 Å². The van der Waals surface area contributed by atoms with E-state index in [4.69, 9.17) is 9.15 Å². The molecule has 7 nitrogen and oxygen atoms in total. The Morgan fingerprint density at radius 3 is 2.41 bits per heavy atom. The Bertz CT molecular complexity index is 913. The van der Waals surface area contributed by atoms with Gasteiger partial charge in [0.2, 0.25) is 5.89 Å². The Balaban J connectivity index is 1.43. The largest absolute Gasteiger partial charge is 0.497 e. The Hall–Kier alpha value is -3.35. The average Bonchev–Trinajstić information content (AvgIpc) is 3.41. The predicted molar refractivity (Wildman–Crippen MR) is 102 cm³/mol. The van der Waals surface area contributed by atoms with E-state index in [1.807, 2.05) is 24.3 Å². The van der Waals surface area contributed by atoms with Crippen molar-refractivity contribution in [2.45, 2.75) is 12.8 Å². The van der Waals surface area contributed by atoms with Gasteiger partial charge in [-0.15, -0.1) is 10.2 Å². The van der Waals surface area contributed by atoms with Gasteiger partial charge in [0.25, 0.3) is 0 Å². The summed E-state index contributed by atoms with van der Waals surface area (Å²) in [5, 5.41) is 10.6. The first-order valence-corrected chi connectivity index (χ1v) is 8.87. The molecule has 7 heteroatoms. The highest BCUT2D eigenvalue weighted by Gasteiger charge is 2.17. The summed E-state index contributed by atoms with van der Waals surface area (Å²) in [5.74, 6) is 0.501. The van der Waals surface area contributed by atoms with E-state index in [1.54, 1.807) is 31.4 Å². The number of carbonyl (C=O) groups excluding carboxylic acids is 1. The van der Waals surface area contributed by atoms with Gasteiger partial charge < -0.3 is 19.4 Å². The van der Waals surface area contributed by atoms with Crippen molar-refractivity contribution in [1.82, 2.24) is 10.2 Å². The third-order valence-corrected chi connectivity index (χ3v) is 4.55. The highest BCUT2D eigenvalue weighted by atomic mass is 16.5. The molecule has 0 aliphatic carbocycles. The molecule has 1 aromatic heterocycles. The van der Waals surface area contributed by atoms with Crippen LogP contribution < -0.4 is 15.0 Å². The maximum absolute atomic E-state index is 12.4. The number of nitrogens with one attached hydrogen (secondary N) is 1. The van der Waals surface area contributed by atoms with E-state index < -0.39 is 5.91 Å². The molecule has 3 aromatic rings. The van der Waals surface area contributed by atoms with Crippen LogP contribution in [0.15, 0.2) is 52.9 Å². The van der Waals surface area contributed by atoms with Crippen molar-refractivity contribution in [3.05, 3.63) is 54.4 Å². The monoisotopic (exact) mass is 364 g/mol. The molecule has 4 rings (SSSR count). The number of carbonyl (C=O) groups is 1. The van der Waals surface area contributed by atoms with Gasteiger partial charge in [-0.05, 0) is 61.4 Å². The number of amides is 1. The first-order valence-electron chi connectivity index (χ1n) is 8.87. The quantitative estimate of drug-likeness (QED) is 0.745. The van der Waals surface area contributed by atoms with Gasteiger partial charge in [-0.1, -0.05) is 0 Å². The van der Waals surface area contributed by atoms with E-state index in [0.717, 1.165) is 24.4 Å². The minimum absolute atomic E-state index is 0.0792. The fraction of sp³-hybridized carbons (Fsp3) is 0.250. The van der Waals surface area contributed by atoms with Gasteiger partial charge in [0.15, 0.2) is 0 Å². The van der Waals surface area contributed by atoms with Crippen LogP contribution in [0.3, 0.4) is 0 Å². The second kappa shape index (κ2) is 7.49. The molecule has 0 saturated carbocycles. The van der Waals surface area contributed by atoms with Gasteiger partial charge in [-0.2, -0.15) is 0 Å². The Labute approximate surface area is 157 Å². The van der Waals surface area contributed by atoms with Crippen LogP contribution in [-0.2, 0) is 0 Å². The lowest BCUT2D eigenvalue weighted by Crippen LogP contribution is -2.17. The molecule has 1 aliphatic rings. The average molecular weight is 364 g/mol. The maximum atomic E-state index is 12.4. The molecule has 1 amide bonds. The summed E-state index contributed by atoms with van der Waals surface area (Å²) in [4.78, 5) is 14.7. The standard InChI is InChI=1S/C20H20N4O3/c1-26-17-10-4-14(5-11-17)19-22-23-20(27-19)18(25)21-15-6-8-16(9-7-15)24-12-2-3-13-24/h4-11H,2-3,12-13H2,1H3,(H,21,25). The summed E-state index contributed by atoms with van der Waals surface area (Å²) >= 11 is 0. The SMILES string of the molecule is COc1ccc(-c2nnc(C(=O)Nc3ccc(N4CCCC4)cc3)o2)cc1. The molecule has 0 spiro atoms. The third-order valence-electron chi connectivity index (χ3n) is 4.55. The zero-order valence-corrected chi connectivity index (χ0v) is 15.0. The molecule has 27 heavy (non-hydrogen) atoms. The van der Waals surface area contributed by atoms with Crippen LogP contribution in [0.25, 0.3) is 11.5 Å². The van der Waals surface area contributed by atoms with E-state index in [9.17, 15) is 4.79 Å². The molecular weight excluding hydrogens is 344 g/mol. The number of aromatic nitrogens is 2. The zero-order chi connectivity index (χ0) is 18.6. The Kier molecular flexibility index (Phi) is 4.74. The molecule has 1 fully saturated rings. The molecule has 2 heterocycles. The normalized spacial score (nSPS) is 13.6. The summed E-state index contributed by atoms with van der Waals surface area (Å²) in [6.07, 6.45) is 2.46. The van der Waals surface area contributed by atoms with Gasteiger partial charge in [0, 0.05) is 30.0 Å². The third kappa shape index (κ3) is 3.76. The van der Waals surface area contributed by atoms with E-state index >= 15 is 0 Å². The van der Waals surface area contributed by atoms with Crippen LogP contribution >= 0.6 is 0 Å². The summed E-state index contributed by atoms with van der Waals surface area (Å²) < 4.78 is 10.6. The van der Waals surface area contributed by atoms with Gasteiger partial charge in [-0.25, -0.2) is 0 Å². The van der Waals surface area contributed by atoms with E-state index in [-0.39, 0.29) is 11.8 Å². The number of nitrogens with zero attached hydrogens (tertiary/aromatic N) is 3. The van der Waals surface area contributed by atoms with Crippen molar-refractivity contribution in [2.24, 2.45) is 0 Å². The van der Waals surface area contributed by atoms with Crippen molar-refractivity contribution < 1.29 is 13.9 Å². The molecule has 1 saturated heterocycles. The van der Waals surface area contributed by atoms with Gasteiger partial charge >= 0.3 is 11.8 Å². The van der Waals surface area contributed by atoms with E-state index in [2.05, 4.69) is 20.4 Å². The lowest BCUT2D eigenvalue weighted by molar-refractivity contribution is 0.0991. The second-order valence-electron chi connectivity index (χ2n) is 6.34. The summed E-state index contributed by atoms with van der Waals surface area (Å²) in [5.41, 5.74) is 2.58. The molecule has 1 aliphatic heterocycles. The first-order chi connectivity index (χ1) is 13.2. The summed E-state index contributed by atoms with van der Waals surface area (Å²) in [7, 11) is 1.60. The molecule has 1 N–H and O–H groups in total. The highest BCUT2D eigenvalue weighted by molar-refractivity contribution is 6.01. The van der Waals surface area contributed by atoms with Crippen molar-refractivity contribution in [1.29, 1.82) is 0 Å². The second-order valence-corrected chi connectivity index (χ2v) is 6.34. The predicted octanol–water partition coefficient (Wildman–Crippen LogP) is 3.60. The maximum Gasteiger partial charge on any atom is 0.313 e. The number of ether oxygens (including phenoxy) is 1. The van der Waals surface area contributed by atoms with E-state index in [0.29, 0.717) is 5.69 Å². The molecule has 138 valence electrons. The summed E-state index contributed by atoms with van der Waals surface area (Å²) in [6.45, 7) is 2.17. The Morgan fingerprint density at radius 1 is 1.04 bits per heavy atom. The van der Waals surface area contributed by atoms with Crippen LogP contribution in [-0.4, -0.2) is 36.3 Å². The van der Waals surface area contributed by atoms with Crippen molar-refractivity contribution in [3.63, 3.8) is 0 Å².